The quantitative estimate of drug-likeness (QED) is 0.815. The van der Waals surface area contributed by atoms with Crippen molar-refractivity contribution in [3.8, 4) is 0 Å². The minimum absolute atomic E-state index is 0.107. The van der Waals surface area contributed by atoms with Gasteiger partial charge in [0.25, 0.3) is 0 Å². The fourth-order valence-electron chi connectivity index (χ4n) is 1.86. The van der Waals surface area contributed by atoms with Crippen LogP contribution in [0.1, 0.15) is 12.5 Å². The van der Waals surface area contributed by atoms with Crippen molar-refractivity contribution in [1.82, 2.24) is 4.72 Å². The number of carbonyl (C=O) groups is 1. The predicted molar refractivity (Wildman–Crippen MR) is 93.7 cm³/mol. The van der Waals surface area contributed by atoms with Crippen molar-refractivity contribution < 1.29 is 13.2 Å². The normalized spacial score (nSPS) is 12.7. The molecule has 5 nitrogen and oxygen atoms in total. The van der Waals surface area contributed by atoms with E-state index in [2.05, 4.69) is 26.0 Å². The summed E-state index contributed by atoms with van der Waals surface area (Å²) in [6.07, 6.45) is 0. The average molecular weight is 397 g/mol. The van der Waals surface area contributed by atoms with Gasteiger partial charge < -0.3 is 5.32 Å². The summed E-state index contributed by atoms with van der Waals surface area (Å²) in [4.78, 5) is 12.2. The van der Waals surface area contributed by atoms with Gasteiger partial charge in [-0.2, -0.15) is 4.72 Å². The van der Waals surface area contributed by atoms with Crippen LogP contribution in [0.2, 0.25) is 0 Å². The predicted octanol–water partition coefficient (Wildman–Crippen LogP) is 3.06. The van der Waals surface area contributed by atoms with Crippen molar-refractivity contribution in [1.29, 1.82) is 0 Å². The van der Waals surface area contributed by atoms with Gasteiger partial charge in [-0.1, -0.05) is 33.6 Å². The van der Waals surface area contributed by atoms with Gasteiger partial charge in [0, 0.05) is 10.2 Å². The van der Waals surface area contributed by atoms with Crippen molar-refractivity contribution in [2.45, 2.75) is 24.8 Å². The van der Waals surface area contributed by atoms with Gasteiger partial charge >= 0.3 is 0 Å². The Hall–Kier alpha value is -1.70. The molecule has 122 valence electrons. The number of benzene rings is 2. The molecule has 0 saturated heterocycles. The van der Waals surface area contributed by atoms with Crippen molar-refractivity contribution in [3.63, 3.8) is 0 Å². The van der Waals surface area contributed by atoms with Crippen molar-refractivity contribution in [2.75, 3.05) is 5.32 Å². The largest absolute Gasteiger partial charge is 0.325 e. The molecule has 0 heterocycles. The molecular formula is C16H17BrN2O3S. The van der Waals surface area contributed by atoms with Gasteiger partial charge in [0.1, 0.15) is 0 Å². The van der Waals surface area contributed by atoms with Gasteiger partial charge in [0.15, 0.2) is 0 Å². The first-order chi connectivity index (χ1) is 10.8. The number of hydrogen-bond donors (Lipinski definition) is 2. The van der Waals surface area contributed by atoms with E-state index in [0.29, 0.717) is 5.69 Å². The molecule has 0 spiro atoms. The van der Waals surface area contributed by atoms with Gasteiger partial charge in [-0.3, -0.25) is 4.79 Å². The number of carbonyl (C=O) groups excluding carboxylic acids is 1. The fourth-order valence-corrected chi connectivity index (χ4v) is 3.32. The molecule has 0 aliphatic rings. The highest BCUT2D eigenvalue weighted by Crippen LogP contribution is 2.15. The Morgan fingerprint density at radius 2 is 1.61 bits per heavy atom. The van der Waals surface area contributed by atoms with Crippen LogP contribution in [-0.2, 0) is 14.8 Å². The SMILES string of the molecule is Cc1ccc(NC(=O)[C@@H](C)NS(=O)(=O)c2ccc(Br)cc2)cc1. The lowest BCUT2D eigenvalue weighted by molar-refractivity contribution is -0.117. The van der Waals surface area contributed by atoms with Crippen LogP contribution >= 0.6 is 15.9 Å². The highest BCUT2D eigenvalue weighted by atomic mass is 79.9. The zero-order valence-corrected chi connectivity index (χ0v) is 15.1. The minimum Gasteiger partial charge on any atom is -0.325 e. The summed E-state index contributed by atoms with van der Waals surface area (Å²) in [6.45, 7) is 3.44. The Morgan fingerprint density at radius 3 is 2.17 bits per heavy atom. The maximum absolute atomic E-state index is 12.2. The lowest BCUT2D eigenvalue weighted by Gasteiger charge is -2.14. The van der Waals surface area contributed by atoms with E-state index in [4.69, 9.17) is 0 Å². The molecule has 2 aromatic rings. The van der Waals surface area contributed by atoms with E-state index >= 15 is 0 Å². The molecule has 1 atom stereocenters. The van der Waals surface area contributed by atoms with E-state index in [1.807, 2.05) is 19.1 Å². The van der Waals surface area contributed by atoms with Crippen LogP contribution in [0.5, 0.6) is 0 Å². The number of hydrogen-bond acceptors (Lipinski definition) is 3. The first-order valence-corrected chi connectivity index (χ1v) is 9.21. The monoisotopic (exact) mass is 396 g/mol. The topological polar surface area (TPSA) is 75.3 Å². The lowest BCUT2D eigenvalue weighted by Crippen LogP contribution is -2.41. The van der Waals surface area contributed by atoms with E-state index in [-0.39, 0.29) is 4.90 Å². The Balaban J connectivity index is 2.05. The minimum atomic E-state index is -3.75. The Morgan fingerprint density at radius 1 is 1.04 bits per heavy atom. The van der Waals surface area contributed by atoms with E-state index in [1.165, 1.54) is 19.1 Å². The van der Waals surface area contributed by atoms with Gasteiger partial charge in [0.05, 0.1) is 10.9 Å². The molecule has 2 N–H and O–H groups in total. The van der Waals surface area contributed by atoms with Crippen LogP contribution in [0.25, 0.3) is 0 Å². The summed E-state index contributed by atoms with van der Waals surface area (Å²) >= 11 is 3.25. The van der Waals surface area contributed by atoms with E-state index < -0.39 is 22.0 Å². The van der Waals surface area contributed by atoms with Crippen LogP contribution in [0.15, 0.2) is 57.9 Å². The second kappa shape index (κ2) is 7.25. The molecule has 0 aliphatic carbocycles. The van der Waals surface area contributed by atoms with Crippen molar-refractivity contribution in [3.05, 3.63) is 58.6 Å². The molecule has 0 aliphatic heterocycles. The molecule has 0 fully saturated rings. The second-order valence-corrected chi connectivity index (χ2v) is 7.78. The number of halogens is 1. The zero-order valence-electron chi connectivity index (χ0n) is 12.7. The molecule has 7 heteroatoms. The van der Waals surface area contributed by atoms with Crippen LogP contribution < -0.4 is 10.0 Å². The Bertz CT molecular complexity index is 787. The van der Waals surface area contributed by atoms with E-state index in [1.54, 1.807) is 24.3 Å². The maximum Gasteiger partial charge on any atom is 0.242 e. The smallest absolute Gasteiger partial charge is 0.242 e. The highest BCUT2D eigenvalue weighted by Gasteiger charge is 2.22. The van der Waals surface area contributed by atoms with Gasteiger partial charge in [-0.05, 0) is 50.2 Å². The highest BCUT2D eigenvalue weighted by molar-refractivity contribution is 9.10. The van der Waals surface area contributed by atoms with Crippen LogP contribution in [0, 0.1) is 6.92 Å². The summed E-state index contributed by atoms with van der Waals surface area (Å²) in [5, 5.41) is 2.68. The average Bonchev–Trinajstić information content (AvgIpc) is 2.49. The molecule has 0 bridgehead atoms. The van der Waals surface area contributed by atoms with Gasteiger partial charge in [0.2, 0.25) is 15.9 Å². The maximum atomic E-state index is 12.2. The summed E-state index contributed by atoms with van der Waals surface area (Å²) in [5.74, 6) is -0.422. The van der Waals surface area contributed by atoms with Crippen LogP contribution in [-0.4, -0.2) is 20.4 Å². The molecule has 0 aromatic heterocycles. The first kappa shape index (κ1) is 17.7. The number of aryl methyl sites for hydroxylation is 1. The molecule has 2 rings (SSSR count). The molecule has 0 unspecified atom stereocenters. The van der Waals surface area contributed by atoms with E-state index in [0.717, 1.165) is 10.0 Å². The number of nitrogens with one attached hydrogen (secondary N) is 2. The van der Waals surface area contributed by atoms with Gasteiger partial charge in [-0.25, -0.2) is 8.42 Å². The summed E-state index contributed by atoms with van der Waals surface area (Å²) in [6, 6.07) is 12.6. The molecule has 1 amide bonds. The third-order valence-corrected chi connectivity index (χ3v) is 5.25. The van der Waals surface area contributed by atoms with Crippen LogP contribution in [0.3, 0.4) is 0 Å². The second-order valence-electron chi connectivity index (χ2n) is 5.15. The Kier molecular flexibility index (Phi) is 5.56. The molecule has 23 heavy (non-hydrogen) atoms. The molecule has 0 saturated carbocycles. The standard InChI is InChI=1S/C16H17BrN2O3S/c1-11-3-7-14(8-4-11)18-16(20)12(2)19-23(21,22)15-9-5-13(17)6-10-15/h3-10,12,19H,1-2H3,(H,18,20)/t12-/m1/s1. The molecular weight excluding hydrogens is 380 g/mol. The lowest BCUT2D eigenvalue weighted by atomic mass is 10.2. The summed E-state index contributed by atoms with van der Waals surface area (Å²) < 4.78 is 27.6. The number of rotatable bonds is 5. The summed E-state index contributed by atoms with van der Waals surface area (Å²) in [5.41, 5.74) is 1.70. The third kappa shape index (κ3) is 4.89. The summed E-state index contributed by atoms with van der Waals surface area (Å²) in [7, 11) is -3.75. The van der Waals surface area contributed by atoms with Gasteiger partial charge in [-0.15, -0.1) is 0 Å². The fraction of sp³-hybridized carbons (Fsp3) is 0.188. The number of anilines is 1. The van der Waals surface area contributed by atoms with Crippen molar-refractivity contribution in [2.24, 2.45) is 0 Å². The molecule has 2 aromatic carbocycles. The van der Waals surface area contributed by atoms with Crippen molar-refractivity contribution >= 4 is 37.5 Å². The number of sulfonamides is 1. The molecule has 0 radical (unpaired) electrons. The Labute approximate surface area is 144 Å². The number of amides is 1. The third-order valence-electron chi connectivity index (χ3n) is 3.17. The van der Waals surface area contributed by atoms with Crippen LogP contribution in [0.4, 0.5) is 5.69 Å². The van der Waals surface area contributed by atoms with E-state index in [9.17, 15) is 13.2 Å². The first-order valence-electron chi connectivity index (χ1n) is 6.93. The zero-order chi connectivity index (χ0) is 17.0.